The predicted octanol–water partition coefficient (Wildman–Crippen LogP) is 3.15. The van der Waals surface area contributed by atoms with Gasteiger partial charge in [0, 0.05) is 12.6 Å². The van der Waals surface area contributed by atoms with Crippen molar-refractivity contribution in [3.8, 4) is 0 Å². The van der Waals surface area contributed by atoms with Crippen LogP contribution in [0.1, 0.15) is 40.7 Å². The van der Waals surface area contributed by atoms with Crippen LogP contribution in [0.25, 0.3) is 0 Å². The minimum atomic E-state index is -0.855. The predicted molar refractivity (Wildman–Crippen MR) is 73.5 cm³/mol. The number of hydrogen-bond acceptors (Lipinski definition) is 4. The van der Waals surface area contributed by atoms with Gasteiger partial charge in [-0.05, 0) is 31.9 Å². The number of aryl methyl sites for hydroxylation is 1. The van der Waals surface area contributed by atoms with Gasteiger partial charge in [0.05, 0.1) is 17.3 Å². The molecule has 1 aliphatic rings. The first kappa shape index (κ1) is 14.0. The normalized spacial score (nSPS) is 18.2. The minimum absolute atomic E-state index is 0.0212. The molecule has 2 aromatic heterocycles. The zero-order chi connectivity index (χ0) is 15.0. The number of likely N-dealkylation sites (tertiary alicyclic amines) is 1. The lowest BCUT2D eigenvalue weighted by atomic mass is 10.1. The second-order valence-electron chi connectivity index (χ2n) is 5.00. The zero-order valence-electron chi connectivity index (χ0n) is 11.3. The largest absolute Gasteiger partial charge is 0.359 e. The second-order valence-corrected chi connectivity index (χ2v) is 5.39. The Morgan fingerprint density at radius 3 is 3.00 bits per heavy atom. The number of amides is 1. The summed E-state index contributed by atoms with van der Waals surface area (Å²) in [4.78, 5) is 17.6. The highest BCUT2D eigenvalue weighted by Crippen LogP contribution is 2.33. The Balaban J connectivity index is 1.89. The highest BCUT2D eigenvalue weighted by molar-refractivity contribution is 6.29. The minimum Gasteiger partial charge on any atom is -0.359 e. The molecule has 7 heteroatoms. The van der Waals surface area contributed by atoms with Gasteiger partial charge in [0.2, 0.25) is 5.95 Å². The Hall–Kier alpha value is -1.95. The summed E-state index contributed by atoms with van der Waals surface area (Å²) < 4.78 is 19.0. The van der Waals surface area contributed by atoms with Crippen LogP contribution in [0.5, 0.6) is 0 Å². The molecule has 0 radical (unpaired) electrons. The van der Waals surface area contributed by atoms with E-state index in [4.69, 9.17) is 16.1 Å². The molecule has 2 aromatic rings. The van der Waals surface area contributed by atoms with Crippen molar-refractivity contribution in [2.75, 3.05) is 6.54 Å². The Bertz CT molecular complexity index is 689. The summed E-state index contributed by atoms with van der Waals surface area (Å²) in [5.41, 5.74) is 0.672. The van der Waals surface area contributed by atoms with Crippen LogP contribution in [0.3, 0.4) is 0 Å². The van der Waals surface area contributed by atoms with Gasteiger partial charge in [-0.15, -0.1) is 0 Å². The van der Waals surface area contributed by atoms with E-state index in [-0.39, 0.29) is 16.8 Å². The molecule has 0 unspecified atom stereocenters. The monoisotopic (exact) mass is 309 g/mol. The van der Waals surface area contributed by atoms with Gasteiger partial charge in [-0.2, -0.15) is 4.39 Å². The smallest absolute Gasteiger partial charge is 0.259 e. The van der Waals surface area contributed by atoms with Crippen LogP contribution in [-0.2, 0) is 0 Å². The molecule has 0 aromatic carbocycles. The van der Waals surface area contributed by atoms with E-state index in [0.717, 1.165) is 18.5 Å². The Morgan fingerprint density at radius 1 is 1.52 bits per heavy atom. The lowest BCUT2D eigenvalue weighted by Crippen LogP contribution is -2.31. The van der Waals surface area contributed by atoms with Crippen LogP contribution in [0.4, 0.5) is 4.39 Å². The first-order valence-corrected chi connectivity index (χ1v) is 7.00. The third kappa shape index (κ3) is 2.63. The van der Waals surface area contributed by atoms with Gasteiger partial charge in [-0.25, -0.2) is 4.98 Å². The molecule has 0 bridgehead atoms. The Morgan fingerprint density at radius 2 is 2.33 bits per heavy atom. The average Bonchev–Trinajstić information content (AvgIpc) is 3.06. The highest BCUT2D eigenvalue weighted by Gasteiger charge is 2.34. The Labute approximate surface area is 125 Å². The second kappa shape index (κ2) is 5.44. The number of halogens is 2. The van der Waals surface area contributed by atoms with Crippen LogP contribution in [0.2, 0.25) is 5.15 Å². The third-order valence-electron chi connectivity index (χ3n) is 3.53. The maximum atomic E-state index is 13.8. The molecule has 3 rings (SSSR count). The summed E-state index contributed by atoms with van der Waals surface area (Å²) in [6.45, 7) is 2.36. The molecular formula is C14H13ClFN3O2. The van der Waals surface area contributed by atoms with E-state index in [0.29, 0.717) is 12.3 Å². The first-order valence-electron chi connectivity index (χ1n) is 6.62. The number of rotatable bonds is 2. The van der Waals surface area contributed by atoms with Crippen molar-refractivity contribution in [1.29, 1.82) is 0 Å². The summed E-state index contributed by atoms with van der Waals surface area (Å²) in [7, 11) is 0. The number of carbonyl (C=O) groups is 1. The maximum absolute atomic E-state index is 13.8. The van der Waals surface area contributed by atoms with Gasteiger partial charge < -0.3 is 9.42 Å². The van der Waals surface area contributed by atoms with Crippen molar-refractivity contribution in [2.24, 2.45) is 0 Å². The molecule has 21 heavy (non-hydrogen) atoms. The van der Waals surface area contributed by atoms with E-state index >= 15 is 0 Å². The molecule has 1 amide bonds. The molecule has 1 aliphatic heterocycles. The molecule has 1 fully saturated rings. The van der Waals surface area contributed by atoms with Crippen molar-refractivity contribution in [1.82, 2.24) is 15.0 Å². The van der Waals surface area contributed by atoms with E-state index in [1.807, 2.05) is 6.92 Å². The molecule has 0 saturated carbocycles. The number of carbonyl (C=O) groups excluding carboxylic acids is 1. The fourth-order valence-electron chi connectivity index (χ4n) is 2.57. The number of hydrogen-bond donors (Lipinski definition) is 0. The molecule has 110 valence electrons. The SMILES string of the molecule is Cc1cc([C@@H]2CCCN2C(=O)c2ccc(Cl)nc2F)on1. The van der Waals surface area contributed by atoms with Crippen LogP contribution >= 0.6 is 11.6 Å². The van der Waals surface area contributed by atoms with Gasteiger partial charge in [0.15, 0.2) is 5.76 Å². The standard InChI is InChI=1S/C14H13ClFN3O2/c1-8-7-11(21-18-8)10-3-2-6-19(10)14(20)9-4-5-12(15)17-13(9)16/h4-5,7,10H,2-3,6H2,1H3/t10-/m0/s1. The number of pyridine rings is 1. The molecule has 0 N–H and O–H groups in total. The topological polar surface area (TPSA) is 59.2 Å². The molecule has 0 spiro atoms. The van der Waals surface area contributed by atoms with Crippen LogP contribution in [0.15, 0.2) is 22.7 Å². The number of nitrogens with zero attached hydrogens (tertiary/aromatic N) is 3. The van der Waals surface area contributed by atoms with E-state index in [1.165, 1.54) is 12.1 Å². The van der Waals surface area contributed by atoms with Crippen molar-refractivity contribution in [2.45, 2.75) is 25.8 Å². The maximum Gasteiger partial charge on any atom is 0.259 e. The van der Waals surface area contributed by atoms with Crippen molar-refractivity contribution < 1.29 is 13.7 Å². The van der Waals surface area contributed by atoms with Crippen LogP contribution in [0, 0.1) is 12.9 Å². The van der Waals surface area contributed by atoms with Crippen molar-refractivity contribution >= 4 is 17.5 Å². The molecule has 5 nitrogen and oxygen atoms in total. The van der Waals surface area contributed by atoms with Gasteiger partial charge in [-0.3, -0.25) is 4.79 Å². The van der Waals surface area contributed by atoms with Gasteiger partial charge in [0.1, 0.15) is 5.15 Å². The van der Waals surface area contributed by atoms with E-state index in [9.17, 15) is 9.18 Å². The summed E-state index contributed by atoms with van der Waals surface area (Å²) in [5.74, 6) is -0.638. The lowest BCUT2D eigenvalue weighted by molar-refractivity contribution is 0.0709. The molecule has 1 atom stereocenters. The van der Waals surface area contributed by atoms with Crippen LogP contribution < -0.4 is 0 Å². The average molecular weight is 310 g/mol. The quantitative estimate of drug-likeness (QED) is 0.800. The van der Waals surface area contributed by atoms with Crippen molar-refractivity contribution in [3.63, 3.8) is 0 Å². The third-order valence-corrected chi connectivity index (χ3v) is 3.74. The van der Waals surface area contributed by atoms with Gasteiger partial charge in [-0.1, -0.05) is 16.8 Å². The van der Waals surface area contributed by atoms with Gasteiger partial charge in [0.25, 0.3) is 5.91 Å². The molecule has 1 saturated heterocycles. The first-order chi connectivity index (χ1) is 10.1. The van der Waals surface area contributed by atoms with E-state index < -0.39 is 11.9 Å². The summed E-state index contributed by atoms with van der Waals surface area (Å²) in [6, 6.07) is 4.34. The Kier molecular flexibility index (Phi) is 3.63. The van der Waals surface area contributed by atoms with E-state index in [2.05, 4.69) is 10.1 Å². The molecular weight excluding hydrogens is 297 g/mol. The zero-order valence-corrected chi connectivity index (χ0v) is 12.1. The fraction of sp³-hybridized carbons (Fsp3) is 0.357. The summed E-state index contributed by atoms with van der Waals surface area (Å²) in [6.07, 6.45) is 1.60. The van der Waals surface area contributed by atoms with Gasteiger partial charge >= 0.3 is 0 Å². The lowest BCUT2D eigenvalue weighted by Gasteiger charge is -2.22. The summed E-state index contributed by atoms with van der Waals surface area (Å²) >= 11 is 5.61. The number of aromatic nitrogens is 2. The van der Waals surface area contributed by atoms with Crippen LogP contribution in [-0.4, -0.2) is 27.5 Å². The van der Waals surface area contributed by atoms with Crippen molar-refractivity contribution in [3.05, 3.63) is 46.3 Å². The molecule has 0 aliphatic carbocycles. The molecule has 3 heterocycles. The van der Waals surface area contributed by atoms with E-state index in [1.54, 1.807) is 11.0 Å². The summed E-state index contributed by atoms with van der Waals surface area (Å²) in [5, 5.41) is 3.86. The highest BCUT2D eigenvalue weighted by atomic mass is 35.5. The fourth-order valence-corrected chi connectivity index (χ4v) is 2.71.